The molecule has 0 unspecified atom stereocenters. The maximum absolute atomic E-state index is 11.7. The van der Waals surface area contributed by atoms with E-state index in [4.69, 9.17) is 21.4 Å². The summed E-state index contributed by atoms with van der Waals surface area (Å²) in [5.41, 5.74) is 3.20. The molecule has 118 valence electrons. The predicted octanol–water partition coefficient (Wildman–Crippen LogP) is 1.96. The minimum atomic E-state index is -1.09. The highest BCUT2D eigenvalue weighted by atomic mass is 35.5. The molecule has 0 saturated carbocycles. The number of carboxylic acid groups (broad SMARTS) is 1. The summed E-state index contributed by atoms with van der Waals surface area (Å²) in [4.78, 5) is 26.0. The van der Waals surface area contributed by atoms with E-state index < -0.39 is 18.5 Å². The van der Waals surface area contributed by atoms with Crippen molar-refractivity contribution < 1.29 is 19.4 Å². The predicted molar refractivity (Wildman–Crippen MR) is 83.9 cm³/mol. The van der Waals surface area contributed by atoms with Gasteiger partial charge in [0.1, 0.15) is 11.4 Å². The lowest BCUT2D eigenvalue weighted by molar-refractivity contribution is -0.139. The van der Waals surface area contributed by atoms with Crippen LogP contribution < -0.4 is 10.2 Å². The molecule has 2 aromatic rings. The van der Waals surface area contributed by atoms with Gasteiger partial charge in [0.15, 0.2) is 6.61 Å². The number of carbonyl (C=O) groups is 2. The third-order valence-electron chi connectivity index (χ3n) is 2.58. The van der Waals surface area contributed by atoms with Crippen LogP contribution in [0.4, 0.5) is 0 Å². The smallest absolute Gasteiger partial charge is 0.341 e. The minimum absolute atomic E-state index is 0.242. The summed E-state index contributed by atoms with van der Waals surface area (Å²) in [6.07, 6.45) is 2.90. The zero-order valence-corrected chi connectivity index (χ0v) is 12.5. The number of aromatic nitrogens is 1. The lowest BCUT2D eigenvalue weighted by Crippen LogP contribution is -2.18. The Morgan fingerprint density at radius 3 is 2.83 bits per heavy atom. The van der Waals surface area contributed by atoms with Gasteiger partial charge < -0.3 is 9.84 Å². The second kappa shape index (κ2) is 7.90. The van der Waals surface area contributed by atoms with E-state index in [2.05, 4.69) is 15.5 Å². The lowest BCUT2D eigenvalue weighted by Gasteiger charge is -2.05. The number of carboxylic acids is 1. The molecular formula is C15H12ClN3O4. The van der Waals surface area contributed by atoms with Gasteiger partial charge >= 0.3 is 5.97 Å². The zero-order valence-electron chi connectivity index (χ0n) is 11.8. The monoisotopic (exact) mass is 333 g/mol. The largest absolute Gasteiger partial charge is 0.480 e. The second-order valence-corrected chi connectivity index (χ2v) is 4.69. The maximum Gasteiger partial charge on any atom is 0.341 e. The summed E-state index contributed by atoms with van der Waals surface area (Å²) in [5.74, 6) is -1.28. The molecular weight excluding hydrogens is 322 g/mol. The highest BCUT2D eigenvalue weighted by Crippen LogP contribution is 2.24. The SMILES string of the molecule is O=C(O)COc1ccc(/C=N\NC(=O)c2ccccn2)cc1Cl. The Labute approximate surface area is 136 Å². The first kappa shape index (κ1) is 16.4. The summed E-state index contributed by atoms with van der Waals surface area (Å²) in [6.45, 7) is -0.479. The van der Waals surface area contributed by atoms with Crippen LogP contribution >= 0.6 is 11.6 Å². The fourth-order valence-electron chi connectivity index (χ4n) is 1.57. The average Bonchev–Trinajstić information content (AvgIpc) is 2.54. The van der Waals surface area contributed by atoms with Gasteiger partial charge in [0.25, 0.3) is 5.91 Å². The number of nitrogens with zero attached hydrogens (tertiary/aromatic N) is 2. The number of nitrogens with one attached hydrogen (secondary N) is 1. The van der Waals surface area contributed by atoms with Gasteiger partial charge in [-0.2, -0.15) is 5.10 Å². The summed E-state index contributed by atoms with van der Waals surface area (Å²) in [7, 11) is 0. The Hall–Kier alpha value is -2.93. The normalized spacial score (nSPS) is 10.5. The van der Waals surface area contributed by atoms with Crippen molar-refractivity contribution in [3.05, 3.63) is 58.9 Å². The molecule has 0 aliphatic heterocycles. The van der Waals surface area contributed by atoms with Crippen LogP contribution in [0.5, 0.6) is 5.75 Å². The summed E-state index contributed by atoms with van der Waals surface area (Å²) in [5, 5.41) is 12.6. The van der Waals surface area contributed by atoms with E-state index in [0.717, 1.165) is 0 Å². The Balaban J connectivity index is 1.96. The van der Waals surface area contributed by atoms with Crippen molar-refractivity contribution in [2.75, 3.05) is 6.61 Å². The molecule has 2 rings (SSSR count). The number of benzene rings is 1. The van der Waals surface area contributed by atoms with Crippen LogP contribution in [0.15, 0.2) is 47.7 Å². The molecule has 8 heteroatoms. The Bertz CT molecular complexity index is 735. The number of ether oxygens (including phenoxy) is 1. The molecule has 1 heterocycles. The fraction of sp³-hybridized carbons (Fsp3) is 0.0667. The number of halogens is 1. The van der Waals surface area contributed by atoms with E-state index in [-0.39, 0.29) is 16.5 Å². The van der Waals surface area contributed by atoms with Gasteiger partial charge in [0, 0.05) is 6.20 Å². The number of hydrogen-bond donors (Lipinski definition) is 2. The van der Waals surface area contributed by atoms with Crippen molar-refractivity contribution in [2.24, 2.45) is 5.10 Å². The zero-order chi connectivity index (χ0) is 16.7. The first-order chi connectivity index (χ1) is 11.1. The Kier molecular flexibility index (Phi) is 5.65. The van der Waals surface area contributed by atoms with Crippen LogP contribution in [0.1, 0.15) is 16.1 Å². The highest BCUT2D eigenvalue weighted by Gasteiger charge is 2.06. The van der Waals surface area contributed by atoms with E-state index in [9.17, 15) is 9.59 Å². The number of amides is 1. The molecule has 0 aliphatic carbocycles. The van der Waals surface area contributed by atoms with Crippen molar-refractivity contribution in [3.8, 4) is 5.75 Å². The maximum atomic E-state index is 11.7. The number of carbonyl (C=O) groups excluding carboxylic acids is 1. The number of rotatable bonds is 6. The van der Waals surface area contributed by atoms with Crippen LogP contribution in [0.2, 0.25) is 5.02 Å². The van der Waals surface area contributed by atoms with Crippen LogP contribution in [0.3, 0.4) is 0 Å². The van der Waals surface area contributed by atoms with Gasteiger partial charge in [-0.3, -0.25) is 9.78 Å². The lowest BCUT2D eigenvalue weighted by atomic mass is 10.2. The number of pyridine rings is 1. The molecule has 0 spiro atoms. The molecule has 0 saturated heterocycles. The van der Waals surface area contributed by atoms with Crippen molar-refractivity contribution in [3.63, 3.8) is 0 Å². The Morgan fingerprint density at radius 1 is 1.35 bits per heavy atom. The van der Waals surface area contributed by atoms with Gasteiger partial charge in [0.05, 0.1) is 11.2 Å². The van der Waals surface area contributed by atoms with E-state index in [1.807, 2.05) is 0 Å². The topological polar surface area (TPSA) is 101 Å². The summed E-state index contributed by atoms with van der Waals surface area (Å²) < 4.78 is 5.00. The molecule has 0 aliphatic rings. The Morgan fingerprint density at radius 2 is 2.17 bits per heavy atom. The molecule has 7 nitrogen and oxygen atoms in total. The third-order valence-corrected chi connectivity index (χ3v) is 2.88. The van der Waals surface area contributed by atoms with Gasteiger partial charge in [-0.1, -0.05) is 17.7 Å². The van der Waals surface area contributed by atoms with Crippen molar-refractivity contribution in [1.29, 1.82) is 0 Å². The first-order valence-corrected chi connectivity index (χ1v) is 6.82. The van der Waals surface area contributed by atoms with Crippen LogP contribution in [0, 0.1) is 0 Å². The van der Waals surface area contributed by atoms with E-state index >= 15 is 0 Å². The van der Waals surface area contributed by atoms with Crippen molar-refractivity contribution >= 4 is 29.7 Å². The van der Waals surface area contributed by atoms with E-state index in [0.29, 0.717) is 5.56 Å². The molecule has 1 aromatic carbocycles. The van der Waals surface area contributed by atoms with Crippen LogP contribution in [0.25, 0.3) is 0 Å². The van der Waals surface area contributed by atoms with Crippen LogP contribution in [-0.4, -0.2) is 34.8 Å². The van der Waals surface area contributed by atoms with Gasteiger partial charge in [-0.15, -0.1) is 0 Å². The quantitative estimate of drug-likeness (QED) is 0.621. The van der Waals surface area contributed by atoms with Gasteiger partial charge in [0.2, 0.25) is 0 Å². The molecule has 0 bridgehead atoms. The van der Waals surface area contributed by atoms with E-state index in [1.165, 1.54) is 24.5 Å². The standard InChI is InChI=1S/C15H12ClN3O4/c16-11-7-10(4-5-13(11)23-9-14(20)21)8-18-19-15(22)12-3-1-2-6-17-12/h1-8H,9H2,(H,19,22)(H,20,21)/b18-8-. The summed E-state index contributed by atoms with van der Waals surface area (Å²) in [6, 6.07) is 9.65. The second-order valence-electron chi connectivity index (χ2n) is 4.29. The van der Waals surface area contributed by atoms with Crippen molar-refractivity contribution in [1.82, 2.24) is 10.4 Å². The third kappa shape index (κ3) is 5.08. The summed E-state index contributed by atoms with van der Waals surface area (Å²) >= 11 is 5.97. The molecule has 2 N–H and O–H groups in total. The highest BCUT2D eigenvalue weighted by molar-refractivity contribution is 6.32. The van der Waals surface area contributed by atoms with Crippen LogP contribution in [-0.2, 0) is 4.79 Å². The first-order valence-electron chi connectivity index (χ1n) is 6.45. The molecule has 23 heavy (non-hydrogen) atoms. The fourth-order valence-corrected chi connectivity index (χ4v) is 1.82. The van der Waals surface area contributed by atoms with Crippen molar-refractivity contribution in [2.45, 2.75) is 0 Å². The molecule has 1 amide bonds. The molecule has 0 fully saturated rings. The number of hydrazone groups is 1. The van der Waals surface area contributed by atoms with Gasteiger partial charge in [-0.05, 0) is 35.9 Å². The average molecular weight is 334 g/mol. The minimum Gasteiger partial charge on any atom is -0.480 e. The van der Waals surface area contributed by atoms with E-state index in [1.54, 1.807) is 24.3 Å². The molecule has 0 atom stereocenters. The number of aliphatic carboxylic acids is 1. The molecule has 1 aromatic heterocycles. The number of hydrogen-bond acceptors (Lipinski definition) is 5. The van der Waals surface area contributed by atoms with Gasteiger partial charge in [-0.25, -0.2) is 10.2 Å². The molecule has 0 radical (unpaired) electrons.